The number of hydrogen-bond donors (Lipinski definition) is 2. The highest BCUT2D eigenvalue weighted by Crippen LogP contribution is 2.08. The number of carbonyl (C=O) groups excluding carboxylic acids is 1. The molecule has 136 valence electrons. The van der Waals surface area contributed by atoms with Crippen LogP contribution in [-0.4, -0.2) is 50.1 Å². The number of rotatable bonds is 9. The number of benzene rings is 1. The van der Waals surface area contributed by atoms with Crippen molar-refractivity contribution in [1.82, 2.24) is 15.5 Å². The average molecular weight is 354 g/mol. The molecule has 0 bridgehead atoms. The first-order valence-electron chi connectivity index (χ1n) is 9.05. The van der Waals surface area contributed by atoms with Crippen LogP contribution in [0.3, 0.4) is 0 Å². The van der Waals surface area contributed by atoms with Crippen molar-refractivity contribution in [2.75, 3.05) is 39.3 Å². The van der Waals surface area contributed by atoms with Crippen LogP contribution in [-0.2, 0) is 17.6 Å². The van der Waals surface area contributed by atoms with Gasteiger partial charge in [-0.15, -0.1) is 12.4 Å². The second-order valence-corrected chi connectivity index (χ2v) is 6.39. The highest BCUT2D eigenvalue weighted by molar-refractivity contribution is 5.85. The predicted octanol–water partition coefficient (Wildman–Crippen LogP) is 2.41. The second-order valence-electron chi connectivity index (χ2n) is 6.39. The van der Waals surface area contributed by atoms with Gasteiger partial charge in [-0.3, -0.25) is 4.79 Å². The molecule has 0 atom stereocenters. The van der Waals surface area contributed by atoms with Gasteiger partial charge in [-0.05, 0) is 36.9 Å². The highest BCUT2D eigenvalue weighted by Gasteiger charge is 2.09. The lowest BCUT2D eigenvalue weighted by Gasteiger charge is -2.27. The molecule has 1 aromatic carbocycles. The van der Waals surface area contributed by atoms with Crippen molar-refractivity contribution in [3.05, 3.63) is 35.4 Å². The normalized spacial score (nSPS) is 14.9. The van der Waals surface area contributed by atoms with E-state index >= 15 is 0 Å². The number of piperazine rings is 1. The van der Waals surface area contributed by atoms with Crippen LogP contribution in [0.5, 0.6) is 0 Å². The maximum atomic E-state index is 12.0. The quantitative estimate of drug-likeness (QED) is 0.670. The van der Waals surface area contributed by atoms with Crippen molar-refractivity contribution in [2.24, 2.45) is 0 Å². The summed E-state index contributed by atoms with van der Waals surface area (Å²) in [7, 11) is 0. The molecule has 1 fully saturated rings. The van der Waals surface area contributed by atoms with E-state index in [0.29, 0.717) is 6.42 Å². The largest absolute Gasteiger partial charge is 0.356 e. The standard InChI is InChI=1S/C19H31N3O.ClH/c1-2-3-5-17-6-8-18(9-7-17)16-19(23)21-10-4-13-22-14-11-20-12-15-22;/h6-9,20H,2-5,10-16H2,1H3,(H,21,23);1H. The van der Waals surface area contributed by atoms with Gasteiger partial charge in [0.15, 0.2) is 0 Å². The van der Waals surface area contributed by atoms with E-state index in [9.17, 15) is 4.79 Å². The molecule has 1 aliphatic heterocycles. The van der Waals surface area contributed by atoms with Crippen molar-refractivity contribution in [3.63, 3.8) is 0 Å². The summed E-state index contributed by atoms with van der Waals surface area (Å²) in [4.78, 5) is 14.4. The summed E-state index contributed by atoms with van der Waals surface area (Å²) < 4.78 is 0. The van der Waals surface area contributed by atoms with Crippen LogP contribution in [0.25, 0.3) is 0 Å². The Morgan fingerprint density at radius 3 is 2.46 bits per heavy atom. The van der Waals surface area contributed by atoms with Crippen molar-refractivity contribution < 1.29 is 4.79 Å². The van der Waals surface area contributed by atoms with Gasteiger partial charge in [0.05, 0.1) is 6.42 Å². The number of carbonyl (C=O) groups is 1. The molecule has 1 saturated heterocycles. The predicted molar refractivity (Wildman–Crippen MR) is 103 cm³/mol. The summed E-state index contributed by atoms with van der Waals surface area (Å²) in [5.74, 6) is 0.131. The van der Waals surface area contributed by atoms with Crippen LogP contribution < -0.4 is 10.6 Å². The van der Waals surface area contributed by atoms with E-state index in [1.54, 1.807) is 0 Å². The fourth-order valence-electron chi connectivity index (χ4n) is 2.92. The molecule has 0 radical (unpaired) electrons. The van der Waals surface area contributed by atoms with Gasteiger partial charge < -0.3 is 15.5 Å². The molecule has 5 heteroatoms. The Bertz CT molecular complexity index is 458. The Morgan fingerprint density at radius 2 is 1.79 bits per heavy atom. The zero-order valence-electron chi connectivity index (χ0n) is 14.9. The lowest BCUT2D eigenvalue weighted by Crippen LogP contribution is -2.44. The van der Waals surface area contributed by atoms with Crippen LogP contribution in [0.2, 0.25) is 0 Å². The van der Waals surface area contributed by atoms with Crippen molar-refractivity contribution >= 4 is 18.3 Å². The third-order valence-corrected chi connectivity index (χ3v) is 4.39. The number of nitrogens with zero attached hydrogens (tertiary/aromatic N) is 1. The van der Waals surface area contributed by atoms with Crippen LogP contribution >= 0.6 is 12.4 Å². The maximum Gasteiger partial charge on any atom is 0.224 e. The molecular weight excluding hydrogens is 322 g/mol. The number of halogens is 1. The van der Waals surface area contributed by atoms with Gasteiger partial charge in [-0.2, -0.15) is 0 Å². The topological polar surface area (TPSA) is 44.4 Å². The summed E-state index contributed by atoms with van der Waals surface area (Å²) in [6, 6.07) is 8.49. The molecule has 4 nitrogen and oxygen atoms in total. The smallest absolute Gasteiger partial charge is 0.224 e. The summed E-state index contributed by atoms with van der Waals surface area (Å²) in [5, 5.41) is 6.39. The Morgan fingerprint density at radius 1 is 1.12 bits per heavy atom. The molecule has 0 unspecified atom stereocenters. The summed E-state index contributed by atoms with van der Waals surface area (Å²) >= 11 is 0. The molecule has 1 aliphatic rings. The van der Waals surface area contributed by atoms with E-state index in [1.807, 2.05) is 0 Å². The molecule has 1 amide bonds. The summed E-state index contributed by atoms with van der Waals surface area (Å²) in [6.45, 7) is 8.48. The number of nitrogens with one attached hydrogen (secondary N) is 2. The zero-order chi connectivity index (χ0) is 16.3. The lowest BCUT2D eigenvalue weighted by atomic mass is 10.0. The molecule has 0 aromatic heterocycles. The van der Waals surface area contributed by atoms with E-state index in [2.05, 4.69) is 46.7 Å². The number of unbranched alkanes of at least 4 members (excludes halogenated alkanes) is 1. The third-order valence-electron chi connectivity index (χ3n) is 4.39. The molecular formula is C19H32ClN3O. The minimum absolute atomic E-state index is 0. The Balaban J connectivity index is 0.00000288. The van der Waals surface area contributed by atoms with E-state index in [4.69, 9.17) is 0 Å². The average Bonchev–Trinajstić information content (AvgIpc) is 2.59. The molecule has 2 rings (SSSR count). The van der Waals surface area contributed by atoms with Gasteiger partial charge in [0.25, 0.3) is 0 Å². The first-order chi connectivity index (χ1) is 11.3. The van der Waals surface area contributed by atoms with Gasteiger partial charge >= 0.3 is 0 Å². The molecule has 0 spiro atoms. The summed E-state index contributed by atoms with van der Waals surface area (Å²) in [5.41, 5.74) is 2.47. The monoisotopic (exact) mass is 353 g/mol. The van der Waals surface area contributed by atoms with Crippen LogP contribution in [0.15, 0.2) is 24.3 Å². The SMILES string of the molecule is CCCCc1ccc(CC(=O)NCCCN2CCNCC2)cc1.Cl. The molecule has 0 aliphatic carbocycles. The lowest BCUT2D eigenvalue weighted by molar-refractivity contribution is -0.120. The minimum Gasteiger partial charge on any atom is -0.356 e. The number of aryl methyl sites for hydroxylation is 1. The van der Waals surface area contributed by atoms with Gasteiger partial charge in [0, 0.05) is 32.7 Å². The first-order valence-corrected chi connectivity index (χ1v) is 9.05. The van der Waals surface area contributed by atoms with Gasteiger partial charge in [-0.1, -0.05) is 37.6 Å². The Labute approximate surface area is 152 Å². The molecule has 1 aromatic rings. The Kier molecular flexibility index (Phi) is 10.7. The Hall–Kier alpha value is -1.10. The van der Waals surface area contributed by atoms with E-state index in [1.165, 1.54) is 18.4 Å². The number of amides is 1. The van der Waals surface area contributed by atoms with E-state index < -0.39 is 0 Å². The fraction of sp³-hybridized carbons (Fsp3) is 0.632. The van der Waals surface area contributed by atoms with E-state index in [-0.39, 0.29) is 18.3 Å². The fourth-order valence-corrected chi connectivity index (χ4v) is 2.92. The van der Waals surface area contributed by atoms with E-state index in [0.717, 1.165) is 57.7 Å². The minimum atomic E-state index is 0. The molecule has 2 N–H and O–H groups in total. The van der Waals surface area contributed by atoms with Gasteiger partial charge in [0.2, 0.25) is 5.91 Å². The molecule has 0 saturated carbocycles. The van der Waals surface area contributed by atoms with Gasteiger partial charge in [-0.25, -0.2) is 0 Å². The van der Waals surface area contributed by atoms with Crippen molar-refractivity contribution in [2.45, 2.75) is 39.0 Å². The zero-order valence-corrected chi connectivity index (χ0v) is 15.7. The molecule has 24 heavy (non-hydrogen) atoms. The van der Waals surface area contributed by atoms with Crippen LogP contribution in [0, 0.1) is 0 Å². The van der Waals surface area contributed by atoms with Crippen molar-refractivity contribution in [1.29, 1.82) is 0 Å². The third kappa shape index (κ3) is 8.13. The molecule has 1 heterocycles. The van der Waals surface area contributed by atoms with Crippen molar-refractivity contribution in [3.8, 4) is 0 Å². The number of hydrogen-bond acceptors (Lipinski definition) is 3. The van der Waals surface area contributed by atoms with Gasteiger partial charge in [0.1, 0.15) is 0 Å². The summed E-state index contributed by atoms with van der Waals surface area (Å²) in [6.07, 6.45) is 5.10. The second kappa shape index (κ2) is 12.3. The highest BCUT2D eigenvalue weighted by atomic mass is 35.5. The van der Waals surface area contributed by atoms with Crippen LogP contribution in [0.4, 0.5) is 0 Å². The maximum absolute atomic E-state index is 12.0. The first kappa shape index (κ1) is 20.9. The van der Waals surface area contributed by atoms with Crippen LogP contribution in [0.1, 0.15) is 37.3 Å².